The molecule has 0 atom stereocenters. The third-order valence-electron chi connectivity index (χ3n) is 3.13. The van der Waals surface area contributed by atoms with Gasteiger partial charge in [-0.15, -0.1) is 0 Å². The number of aromatic carboxylic acids is 1. The Kier molecular flexibility index (Phi) is 5.68. The quantitative estimate of drug-likeness (QED) is 0.821. The van der Waals surface area contributed by atoms with Gasteiger partial charge in [0.1, 0.15) is 0 Å². The lowest BCUT2D eigenvalue weighted by Gasteiger charge is -2.08. The lowest BCUT2D eigenvalue weighted by atomic mass is 10.1. The third kappa shape index (κ3) is 5.10. The van der Waals surface area contributed by atoms with Crippen LogP contribution in [0.25, 0.3) is 0 Å². The molecule has 2 rings (SSSR count). The van der Waals surface area contributed by atoms with E-state index in [1.807, 2.05) is 0 Å². The molecule has 6 heteroatoms. The van der Waals surface area contributed by atoms with E-state index in [9.17, 15) is 14.0 Å². The van der Waals surface area contributed by atoms with E-state index < -0.39 is 11.8 Å². The van der Waals surface area contributed by atoms with E-state index in [0.29, 0.717) is 13.0 Å². The fraction of sp³-hybridized carbons (Fsp3) is 0.176. The fourth-order valence-corrected chi connectivity index (χ4v) is 1.92. The molecule has 1 amide bonds. The number of rotatable bonds is 7. The minimum atomic E-state index is -0.977. The Labute approximate surface area is 132 Å². The van der Waals surface area contributed by atoms with Gasteiger partial charge in [0.05, 0.1) is 5.56 Å². The maximum absolute atomic E-state index is 13.3. The summed E-state index contributed by atoms with van der Waals surface area (Å²) >= 11 is 0. The first kappa shape index (κ1) is 16.5. The molecule has 2 aromatic rings. The maximum atomic E-state index is 13.3. The summed E-state index contributed by atoms with van der Waals surface area (Å²) in [5.41, 5.74) is 1.13. The molecule has 0 radical (unpaired) electrons. The van der Waals surface area contributed by atoms with Crippen molar-refractivity contribution in [3.63, 3.8) is 0 Å². The molecule has 0 aliphatic carbocycles. The van der Waals surface area contributed by atoms with Gasteiger partial charge < -0.3 is 15.2 Å². The molecule has 0 aliphatic rings. The van der Waals surface area contributed by atoms with E-state index in [1.165, 1.54) is 30.3 Å². The predicted molar refractivity (Wildman–Crippen MR) is 82.0 cm³/mol. The Morgan fingerprint density at radius 1 is 1.09 bits per heavy atom. The molecule has 0 aliphatic heterocycles. The number of para-hydroxylation sites is 1. The number of carboxylic acids is 1. The Morgan fingerprint density at radius 3 is 2.43 bits per heavy atom. The molecule has 2 N–H and O–H groups in total. The number of benzene rings is 2. The summed E-state index contributed by atoms with van der Waals surface area (Å²) in [5, 5.41) is 11.5. The van der Waals surface area contributed by atoms with E-state index in [4.69, 9.17) is 9.84 Å². The normalized spacial score (nSPS) is 10.1. The summed E-state index contributed by atoms with van der Waals surface area (Å²) in [4.78, 5) is 22.4. The number of nitrogens with one attached hydrogen (secondary N) is 1. The summed E-state index contributed by atoms with van der Waals surface area (Å²) in [7, 11) is 0. The predicted octanol–water partition coefficient (Wildman–Crippen LogP) is 2.26. The minimum Gasteiger partial charge on any atom is -0.481 e. The highest BCUT2D eigenvalue weighted by Gasteiger charge is 2.06. The first-order valence-corrected chi connectivity index (χ1v) is 7.02. The topological polar surface area (TPSA) is 75.6 Å². The molecule has 0 heterocycles. The van der Waals surface area contributed by atoms with Gasteiger partial charge in [-0.1, -0.05) is 24.3 Å². The van der Waals surface area contributed by atoms with Crippen molar-refractivity contribution in [1.29, 1.82) is 0 Å². The van der Waals surface area contributed by atoms with Crippen LogP contribution in [0.4, 0.5) is 4.39 Å². The molecular weight excluding hydrogens is 301 g/mol. The van der Waals surface area contributed by atoms with E-state index in [2.05, 4.69) is 5.32 Å². The van der Waals surface area contributed by atoms with Crippen molar-refractivity contribution in [2.45, 2.75) is 6.42 Å². The van der Waals surface area contributed by atoms with E-state index in [1.54, 1.807) is 18.2 Å². The molecule has 0 fully saturated rings. The van der Waals surface area contributed by atoms with Crippen LogP contribution in [0.3, 0.4) is 0 Å². The average Bonchev–Trinajstić information content (AvgIpc) is 2.54. The molecule has 23 heavy (non-hydrogen) atoms. The van der Waals surface area contributed by atoms with Crippen LogP contribution in [0.2, 0.25) is 0 Å². The van der Waals surface area contributed by atoms with Crippen LogP contribution in [0, 0.1) is 5.82 Å². The summed E-state index contributed by atoms with van der Waals surface area (Å²) in [5.74, 6) is -1.81. The molecule has 0 saturated carbocycles. The lowest BCUT2D eigenvalue weighted by Crippen LogP contribution is -2.30. The third-order valence-corrected chi connectivity index (χ3v) is 3.13. The zero-order chi connectivity index (χ0) is 16.7. The first-order valence-electron chi connectivity index (χ1n) is 7.02. The van der Waals surface area contributed by atoms with Crippen LogP contribution >= 0.6 is 0 Å². The fourth-order valence-electron chi connectivity index (χ4n) is 1.92. The number of amides is 1. The zero-order valence-corrected chi connectivity index (χ0v) is 12.3. The van der Waals surface area contributed by atoms with Gasteiger partial charge in [0.2, 0.25) is 0 Å². The number of hydrogen-bond acceptors (Lipinski definition) is 3. The summed E-state index contributed by atoms with van der Waals surface area (Å²) in [6.45, 7) is 0.116. The minimum absolute atomic E-state index is 0.0342. The van der Waals surface area contributed by atoms with Crippen LogP contribution < -0.4 is 10.1 Å². The highest BCUT2D eigenvalue weighted by Crippen LogP contribution is 2.14. The summed E-state index contributed by atoms with van der Waals surface area (Å²) in [6.07, 6.45) is 0.561. The van der Waals surface area contributed by atoms with Crippen LogP contribution in [-0.4, -0.2) is 30.1 Å². The monoisotopic (exact) mass is 317 g/mol. The van der Waals surface area contributed by atoms with Gasteiger partial charge in [0, 0.05) is 6.54 Å². The Hall–Kier alpha value is -2.89. The van der Waals surface area contributed by atoms with Gasteiger partial charge in [0.15, 0.2) is 18.2 Å². The number of hydrogen-bond donors (Lipinski definition) is 2. The molecule has 0 spiro atoms. The van der Waals surface area contributed by atoms with E-state index in [0.717, 1.165) is 5.56 Å². The van der Waals surface area contributed by atoms with Crippen molar-refractivity contribution in [1.82, 2.24) is 5.32 Å². The Balaban J connectivity index is 1.72. The van der Waals surface area contributed by atoms with Crippen molar-refractivity contribution in [2.24, 2.45) is 0 Å². The van der Waals surface area contributed by atoms with Gasteiger partial charge >= 0.3 is 5.97 Å². The van der Waals surface area contributed by atoms with Crippen LogP contribution in [0.15, 0.2) is 48.5 Å². The maximum Gasteiger partial charge on any atom is 0.335 e. The molecule has 2 aromatic carbocycles. The number of ether oxygens (including phenoxy) is 1. The molecule has 0 saturated heterocycles. The van der Waals surface area contributed by atoms with Crippen LogP contribution in [-0.2, 0) is 11.2 Å². The second-order valence-corrected chi connectivity index (χ2v) is 4.82. The Bertz CT molecular complexity index is 685. The van der Waals surface area contributed by atoms with Gasteiger partial charge in [-0.3, -0.25) is 4.79 Å². The summed E-state index contributed by atoms with van der Waals surface area (Å²) < 4.78 is 18.4. The molecule has 0 bridgehead atoms. The first-order chi connectivity index (χ1) is 11.1. The SMILES string of the molecule is O=C(COc1ccccc1F)NCCc1ccc(C(=O)O)cc1. The molecule has 0 unspecified atom stereocenters. The van der Waals surface area contributed by atoms with Crippen molar-refractivity contribution >= 4 is 11.9 Å². The van der Waals surface area contributed by atoms with Crippen molar-refractivity contribution in [3.05, 3.63) is 65.5 Å². The number of carboxylic acid groups (broad SMARTS) is 1. The van der Waals surface area contributed by atoms with Gasteiger partial charge in [-0.05, 0) is 36.2 Å². The Morgan fingerprint density at radius 2 is 1.78 bits per heavy atom. The van der Waals surface area contributed by atoms with Gasteiger partial charge in [-0.25, -0.2) is 9.18 Å². The zero-order valence-electron chi connectivity index (χ0n) is 12.3. The number of carbonyl (C=O) groups is 2. The largest absolute Gasteiger partial charge is 0.481 e. The standard InChI is InChI=1S/C17H16FNO4/c18-14-3-1-2-4-15(14)23-11-16(20)19-10-9-12-5-7-13(8-6-12)17(21)22/h1-8H,9-11H2,(H,19,20)(H,21,22). The lowest BCUT2D eigenvalue weighted by molar-refractivity contribution is -0.123. The van der Waals surface area contributed by atoms with E-state index >= 15 is 0 Å². The summed E-state index contributed by atoms with van der Waals surface area (Å²) in [6, 6.07) is 12.3. The van der Waals surface area contributed by atoms with Crippen molar-refractivity contribution in [2.75, 3.05) is 13.2 Å². The second-order valence-electron chi connectivity index (χ2n) is 4.82. The number of halogens is 1. The molecule has 5 nitrogen and oxygen atoms in total. The van der Waals surface area contributed by atoms with Crippen LogP contribution in [0.5, 0.6) is 5.75 Å². The average molecular weight is 317 g/mol. The molecular formula is C17H16FNO4. The van der Waals surface area contributed by atoms with Crippen molar-refractivity contribution < 1.29 is 23.8 Å². The van der Waals surface area contributed by atoms with Gasteiger partial charge in [-0.2, -0.15) is 0 Å². The van der Waals surface area contributed by atoms with Crippen LogP contribution in [0.1, 0.15) is 15.9 Å². The molecule has 0 aromatic heterocycles. The highest BCUT2D eigenvalue weighted by molar-refractivity contribution is 5.87. The second kappa shape index (κ2) is 7.93. The van der Waals surface area contributed by atoms with Crippen molar-refractivity contribution in [3.8, 4) is 5.75 Å². The van der Waals surface area contributed by atoms with E-state index in [-0.39, 0.29) is 23.8 Å². The van der Waals surface area contributed by atoms with Gasteiger partial charge in [0.25, 0.3) is 5.91 Å². The highest BCUT2D eigenvalue weighted by atomic mass is 19.1. The smallest absolute Gasteiger partial charge is 0.335 e. The number of carbonyl (C=O) groups excluding carboxylic acids is 1. The molecule has 120 valence electrons.